The van der Waals surface area contributed by atoms with Gasteiger partial charge in [-0.05, 0) is 31.9 Å². The van der Waals surface area contributed by atoms with E-state index >= 15 is 0 Å². The molecule has 0 aliphatic carbocycles. The quantitative estimate of drug-likeness (QED) is 0.754. The van der Waals surface area contributed by atoms with Crippen LogP contribution in [0.5, 0.6) is 0 Å². The number of hydrogen-bond acceptors (Lipinski definition) is 5. The lowest BCUT2D eigenvalue weighted by Gasteiger charge is -2.12. The van der Waals surface area contributed by atoms with Gasteiger partial charge in [-0.2, -0.15) is 15.1 Å². The second kappa shape index (κ2) is 6.24. The summed E-state index contributed by atoms with van der Waals surface area (Å²) in [7, 11) is 1.89. The first-order valence-electron chi connectivity index (χ1n) is 7.86. The van der Waals surface area contributed by atoms with Gasteiger partial charge in [0.05, 0.1) is 11.6 Å². The Morgan fingerprint density at radius 2 is 2.00 bits per heavy atom. The van der Waals surface area contributed by atoms with Crippen molar-refractivity contribution in [3.8, 4) is 0 Å². The first-order valence-corrected chi connectivity index (χ1v) is 7.86. The second-order valence-corrected chi connectivity index (χ2v) is 5.77. The summed E-state index contributed by atoms with van der Waals surface area (Å²) in [4.78, 5) is 9.17. The van der Waals surface area contributed by atoms with E-state index in [2.05, 4.69) is 64.7 Å². The van der Waals surface area contributed by atoms with Gasteiger partial charge in [0.25, 0.3) is 0 Å². The highest BCUT2D eigenvalue weighted by Gasteiger charge is 2.12. The summed E-state index contributed by atoms with van der Waals surface area (Å²) in [5, 5.41) is 11.9. The fraction of sp³-hybridized carbons (Fsp3) is 0.353. The standard InChI is InChI=1S/C17H22N6/c1-5-8-18-17-21-15(13-10-19-23(4)16(13)22-17)20-14-7-6-11(2)9-12(14)3/h6-7,9-10H,5,8H2,1-4H3,(H2,18,20,21,22). The van der Waals surface area contributed by atoms with E-state index in [4.69, 9.17) is 0 Å². The van der Waals surface area contributed by atoms with Crippen LogP contribution in [0.3, 0.4) is 0 Å². The van der Waals surface area contributed by atoms with Gasteiger partial charge in [-0.15, -0.1) is 0 Å². The predicted octanol–water partition coefficient (Wildman–Crippen LogP) is 3.55. The third-order valence-corrected chi connectivity index (χ3v) is 3.76. The van der Waals surface area contributed by atoms with Crippen LogP contribution in [-0.2, 0) is 7.05 Å². The van der Waals surface area contributed by atoms with Gasteiger partial charge in [-0.25, -0.2) is 0 Å². The van der Waals surface area contributed by atoms with Crippen LogP contribution in [0.25, 0.3) is 11.0 Å². The Labute approximate surface area is 136 Å². The second-order valence-electron chi connectivity index (χ2n) is 5.77. The third-order valence-electron chi connectivity index (χ3n) is 3.76. The number of aryl methyl sites for hydroxylation is 3. The smallest absolute Gasteiger partial charge is 0.226 e. The average molecular weight is 310 g/mol. The van der Waals surface area contributed by atoms with E-state index in [1.807, 2.05) is 7.05 Å². The number of anilines is 3. The van der Waals surface area contributed by atoms with Crippen molar-refractivity contribution in [3.63, 3.8) is 0 Å². The topological polar surface area (TPSA) is 67.7 Å². The lowest BCUT2D eigenvalue weighted by atomic mass is 10.1. The molecule has 2 aromatic heterocycles. The molecule has 0 radical (unpaired) electrons. The highest BCUT2D eigenvalue weighted by Crippen LogP contribution is 2.26. The third kappa shape index (κ3) is 3.11. The van der Waals surface area contributed by atoms with E-state index in [0.29, 0.717) is 5.95 Å². The number of rotatable bonds is 5. The molecule has 2 N–H and O–H groups in total. The minimum Gasteiger partial charge on any atom is -0.354 e. The maximum atomic E-state index is 4.62. The van der Waals surface area contributed by atoms with Crippen LogP contribution in [0.2, 0.25) is 0 Å². The van der Waals surface area contributed by atoms with E-state index in [1.54, 1.807) is 10.9 Å². The van der Waals surface area contributed by atoms with E-state index in [-0.39, 0.29) is 0 Å². The van der Waals surface area contributed by atoms with Crippen LogP contribution in [-0.4, -0.2) is 26.3 Å². The Morgan fingerprint density at radius 3 is 2.74 bits per heavy atom. The van der Waals surface area contributed by atoms with E-state index in [9.17, 15) is 0 Å². The van der Waals surface area contributed by atoms with E-state index < -0.39 is 0 Å². The molecule has 0 aliphatic rings. The summed E-state index contributed by atoms with van der Waals surface area (Å²) >= 11 is 0. The Kier molecular flexibility index (Phi) is 4.14. The van der Waals surface area contributed by atoms with Crippen LogP contribution < -0.4 is 10.6 Å². The van der Waals surface area contributed by atoms with Crippen LogP contribution >= 0.6 is 0 Å². The van der Waals surface area contributed by atoms with Crippen LogP contribution in [0.1, 0.15) is 24.5 Å². The van der Waals surface area contributed by atoms with Crippen molar-refractivity contribution in [2.75, 3.05) is 17.2 Å². The molecule has 0 unspecified atom stereocenters. The van der Waals surface area contributed by atoms with Crippen molar-refractivity contribution in [1.29, 1.82) is 0 Å². The number of nitrogens with one attached hydrogen (secondary N) is 2. The number of benzene rings is 1. The summed E-state index contributed by atoms with van der Waals surface area (Å²) in [5.74, 6) is 1.39. The molecule has 3 aromatic rings. The van der Waals surface area contributed by atoms with Crippen LogP contribution in [0.4, 0.5) is 17.5 Å². The summed E-state index contributed by atoms with van der Waals surface area (Å²) < 4.78 is 1.77. The molecule has 2 heterocycles. The molecule has 1 aromatic carbocycles. The molecule has 6 heteroatoms. The van der Waals surface area contributed by atoms with Crippen molar-refractivity contribution in [2.45, 2.75) is 27.2 Å². The summed E-state index contributed by atoms with van der Waals surface area (Å²) in [6.45, 7) is 7.14. The summed E-state index contributed by atoms with van der Waals surface area (Å²) in [5.41, 5.74) is 4.28. The largest absolute Gasteiger partial charge is 0.354 e. The number of fused-ring (bicyclic) bond motifs is 1. The average Bonchev–Trinajstić information content (AvgIpc) is 2.90. The highest BCUT2D eigenvalue weighted by atomic mass is 15.3. The van der Waals surface area contributed by atoms with Crippen LogP contribution in [0, 0.1) is 13.8 Å². The zero-order chi connectivity index (χ0) is 16.4. The van der Waals surface area contributed by atoms with Crippen molar-refractivity contribution >= 4 is 28.5 Å². The van der Waals surface area contributed by atoms with Crippen molar-refractivity contribution in [3.05, 3.63) is 35.5 Å². The molecule has 0 spiro atoms. The molecule has 0 aliphatic heterocycles. The normalized spacial score (nSPS) is 11.0. The Morgan fingerprint density at radius 1 is 1.17 bits per heavy atom. The zero-order valence-corrected chi connectivity index (χ0v) is 14.0. The van der Waals surface area contributed by atoms with Gasteiger partial charge < -0.3 is 10.6 Å². The summed E-state index contributed by atoms with van der Waals surface area (Å²) in [6.07, 6.45) is 2.82. The van der Waals surface area contributed by atoms with Gasteiger partial charge in [0.15, 0.2) is 5.65 Å². The first-order chi connectivity index (χ1) is 11.1. The molecule has 0 bridgehead atoms. The highest BCUT2D eigenvalue weighted by molar-refractivity contribution is 5.89. The van der Waals surface area contributed by atoms with Gasteiger partial charge in [-0.1, -0.05) is 24.6 Å². The molecule has 120 valence electrons. The monoisotopic (exact) mass is 310 g/mol. The van der Waals surface area contributed by atoms with Gasteiger partial charge in [-0.3, -0.25) is 4.68 Å². The number of aromatic nitrogens is 4. The molecular formula is C17H22N6. The van der Waals surface area contributed by atoms with E-state index in [0.717, 1.165) is 35.5 Å². The van der Waals surface area contributed by atoms with Gasteiger partial charge in [0.1, 0.15) is 5.82 Å². The minimum absolute atomic E-state index is 0.621. The minimum atomic E-state index is 0.621. The van der Waals surface area contributed by atoms with Crippen molar-refractivity contribution < 1.29 is 0 Å². The molecule has 23 heavy (non-hydrogen) atoms. The van der Waals surface area contributed by atoms with Crippen LogP contribution in [0.15, 0.2) is 24.4 Å². The fourth-order valence-electron chi connectivity index (χ4n) is 2.51. The molecule has 0 fully saturated rings. The maximum absolute atomic E-state index is 4.62. The SMILES string of the molecule is CCCNc1nc(Nc2ccc(C)cc2C)c2cnn(C)c2n1. The molecule has 0 atom stereocenters. The Balaban J connectivity index is 2.04. The molecule has 3 rings (SSSR count). The number of nitrogens with zero attached hydrogens (tertiary/aromatic N) is 4. The molecular weight excluding hydrogens is 288 g/mol. The Hall–Kier alpha value is -2.63. The Bertz CT molecular complexity index is 836. The number of hydrogen-bond donors (Lipinski definition) is 2. The lowest BCUT2D eigenvalue weighted by Crippen LogP contribution is -2.07. The first kappa shape index (κ1) is 15.3. The van der Waals surface area contributed by atoms with E-state index in [1.165, 1.54) is 11.1 Å². The summed E-state index contributed by atoms with van der Waals surface area (Å²) in [6, 6.07) is 6.32. The molecule has 0 amide bonds. The molecule has 0 saturated heterocycles. The van der Waals surface area contributed by atoms with Crippen molar-refractivity contribution in [2.24, 2.45) is 7.05 Å². The lowest BCUT2D eigenvalue weighted by molar-refractivity contribution is 0.785. The van der Waals surface area contributed by atoms with Gasteiger partial charge in [0, 0.05) is 19.3 Å². The van der Waals surface area contributed by atoms with Crippen molar-refractivity contribution in [1.82, 2.24) is 19.7 Å². The predicted molar refractivity (Wildman–Crippen MR) is 94.3 cm³/mol. The molecule has 0 saturated carbocycles. The van der Waals surface area contributed by atoms with Gasteiger partial charge in [0.2, 0.25) is 5.95 Å². The fourth-order valence-corrected chi connectivity index (χ4v) is 2.51. The van der Waals surface area contributed by atoms with Gasteiger partial charge >= 0.3 is 0 Å². The zero-order valence-electron chi connectivity index (χ0n) is 14.0. The molecule has 6 nitrogen and oxygen atoms in total. The maximum Gasteiger partial charge on any atom is 0.226 e.